The molecule has 1 aliphatic rings. The fraction of sp³-hybridized carbons (Fsp3) is 0.222. The summed E-state index contributed by atoms with van der Waals surface area (Å²) in [5.74, 6) is 1.00. The monoisotopic (exact) mass is 307 g/mol. The number of hydrogen-bond donors (Lipinski definition) is 2. The van der Waals surface area contributed by atoms with Crippen LogP contribution >= 0.6 is 0 Å². The summed E-state index contributed by atoms with van der Waals surface area (Å²) in [5.41, 5.74) is 3.50. The first-order chi connectivity index (χ1) is 11.2. The van der Waals surface area contributed by atoms with Gasteiger partial charge in [0.1, 0.15) is 5.75 Å². The fourth-order valence-electron chi connectivity index (χ4n) is 3.07. The maximum atomic E-state index is 12.5. The van der Waals surface area contributed by atoms with Crippen molar-refractivity contribution in [3.8, 4) is 5.75 Å². The number of para-hydroxylation sites is 1. The minimum absolute atomic E-state index is 0.0105. The molecule has 1 aromatic heterocycles. The molecule has 0 unspecified atom stereocenters. The predicted octanol–water partition coefficient (Wildman–Crippen LogP) is 2.86. The minimum Gasteiger partial charge on any atom is -0.493 e. The molecule has 0 fully saturated rings. The van der Waals surface area contributed by atoms with Crippen molar-refractivity contribution >= 4 is 16.9 Å². The van der Waals surface area contributed by atoms with Gasteiger partial charge in [0.05, 0.1) is 24.0 Å². The van der Waals surface area contributed by atoms with Gasteiger partial charge in [-0.25, -0.2) is 4.98 Å². The van der Waals surface area contributed by atoms with Gasteiger partial charge in [0.2, 0.25) is 0 Å². The molecule has 116 valence electrons. The molecule has 2 aromatic carbocycles. The van der Waals surface area contributed by atoms with E-state index in [1.807, 2.05) is 37.3 Å². The Balaban J connectivity index is 1.52. The summed E-state index contributed by atoms with van der Waals surface area (Å²) in [6.45, 7) is 2.61. The summed E-state index contributed by atoms with van der Waals surface area (Å²) < 4.78 is 5.70. The first-order valence-electron chi connectivity index (χ1n) is 7.68. The second-order valence-corrected chi connectivity index (χ2v) is 5.85. The molecule has 4 rings (SSSR count). The van der Waals surface area contributed by atoms with E-state index in [0.29, 0.717) is 12.2 Å². The Bertz CT molecular complexity index is 871. The smallest absolute Gasteiger partial charge is 0.251 e. The standard InChI is InChI=1S/C18H17N3O2/c1-11(14-9-23-17-5-3-2-4-13(14)17)21-18(22)12-6-7-15-16(8-12)20-10-19-15/h2-8,10-11,14H,9H2,1H3,(H,19,20)(H,21,22)/t11-,14+/m1/s1. The van der Waals surface area contributed by atoms with Crippen LogP contribution in [0.15, 0.2) is 48.8 Å². The normalized spacial score (nSPS) is 17.5. The highest BCUT2D eigenvalue weighted by Crippen LogP contribution is 2.35. The number of carbonyl (C=O) groups excluding carboxylic acids is 1. The zero-order valence-electron chi connectivity index (χ0n) is 12.7. The number of nitrogens with one attached hydrogen (secondary N) is 2. The quantitative estimate of drug-likeness (QED) is 0.782. The van der Waals surface area contributed by atoms with Crippen molar-refractivity contribution in [1.29, 1.82) is 0 Å². The molecule has 5 heteroatoms. The maximum Gasteiger partial charge on any atom is 0.251 e. The Labute approximate surface area is 133 Å². The molecule has 5 nitrogen and oxygen atoms in total. The summed E-state index contributed by atoms with van der Waals surface area (Å²) >= 11 is 0. The molecule has 3 aromatic rings. The Kier molecular flexibility index (Phi) is 3.26. The molecule has 0 bridgehead atoms. The first-order valence-corrected chi connectivity index (χ1v) is 7.68. The molecular weight excluding hydrogens is 290 g/mol. The maximum absolute atomic E-state index is 12.5. The van der Waals surface area contributed by atoms with Gasteiger partial charge in [-0.05, 0) is 31.2 Å². The van der Waals surface area contributed by atoms with Crippen LogP contribution in [0.2, 0.25) is 0 Å². The number of aromatic nitrogens is 2. The number of H-pyrrole nitrogens is 1. The molecule has 2 atom stereocenters. The van der Waals surface area contributed by atoms with Gasteiger partial charge in [-0.15, -0.1) is 0 Å². The lowest BCUT2D eigenvalue weighted by molar-refractivity contribution is 0.0932. The van der Waals surface area contributed by atoms with E-state index in [1.165, 1.54) is 0 Å². The van der Waals surface area contributed by atoms with E-state index in [1.54, 1.807) is 12.4 Å². The van der Waals surface area contributed by atoms with Crippen molar-refractivity contribution in [2.45, 2.75) is 18.9 Å². The van der Waals surface area contributed by atoms with Gasteiger partial charge >= 0.3 is 0 Å². The molecule has 0 saturated carbocycles. The first kappa shape index (κ1) is 13.8. The second-order valence-electron chi connectivity index (χ2n) is 5.85. The van der Waals surface area contributed by atoms with Crippen LogP contribution in [-0.4, -0.2) is 28.5 Å². The van der Waals surface area contributed by atoms with E-state index in [9.17, 15) is 4.79 Å². The van der Waals surface area contributed by atoms with Gasteiger partial charge in [-0.2, -0.15) is 0 Å². The molecule has 0 aliphatic carbocycles. The van der Waals surface area contributed by atoms with E-state index >= 15 is 0 Å². The van der Waals surface area contributed by atoms with Gasteiger partial charge in [0.15, 0.2) is 0 Å². The van der Waals surface area contributed by atoms with Crippen molar-refractivity contribution in [1.82, 2.24) is 15.3 Å². The number of rotatable bonds is 3. The number of nitrogens with zero attached hydrogens (tertiary/aromatic N) is 1. The van der Waals surface area contributed by atoms with E-state index in [4.69, 9.17) is 4.74 Å². The van der Waals surface area contributed by atoms with Crippen LogP contribution in [0.1, 0.15) is 28.8 Å². The van der Waals surface area contributed by atoms with Crippen LogP contribution < -0.4 is 10.1 Å². The number of aromatic amines is 1. The average Bonchev–Trinajstić information content (AvgIpc) is 3.20. The summed E-state index contributed by atoms with van der Waals surface area (Å²) in [5, 5.41) is 3.08. The summed E-state index contributed by atoms with van der Waals surface area (Å²) in [6.07, 6.45) is 1.63. The predicted molar refractivity (Wildman–Crippen MR) is 87.7 cm³/mol. The van der Waals surface area contributed by atoms with Gasteiger partial charge < -0.3 is 15.0 Å². The molecular formula is C18H17N3O2. The largest absolute Gasteiger partial charge is 0.493 e. The summed E-state index contributed by atoms with van der Waals surface area (Å²) in [6, 6.07) is 13.4. The van der Waals surface area contributed by atoms with Crippen molar-refractivity contribution in [2.24, 2.45) is 0 Å². The molecule has 2 heterocycles. The third-order valence-corrected chi connectivity index (χ3v) is 4.38. The molecule has 1 amide bonds. The van der Waals surface area contributed by atoms with Crippen LogP contribution in [0.25, 0.3) is 11.0 Å². The third kappa shape index (κ3) is 2.44. The number of carbonyl (C=O) groups is 1. The van der Waals surface area contributed by atoms with Crippen molar-refractivity contribution in [2.75, 3.05) is 6.61 Å². The Morgan fingerprint density at radius 1 is 1.35 bits per heavy atom. The highest BCUT2D eigenvalue weighted by atomic mass is 16.5. The lowest BCUT2D eigenvalue weighted by Gasteiger charge is -2.20. The number of imidazole rings is 1. The minimum atomic E-state index is -0.0848. The third-order valence-electron chi connectivity index (χ3n) is 4.38. The van der Waals surface area contributed by atoms with Crippen LogP contribution in [0, 0.1) is 0 Å². The average molecular weight is 307 g/mol. The molecule has 0 saturated heterocycles. The lowest BCUT2D eigenvalue weighted by Crippen LogP contribution is -2.37. The summed E-state index contributed by atoms with van der Waals surface area (Å²) in [4.78, 5) is 19.7. The zero-order chi connectivity index (χ0) is 15.8. The SMILES string of the molecule is C[C@@H](NC(=O)c1ccc2nc[nH]c2c1)[C@@H]1COc2ccccc21. The topological polar surface area (TPSA) is 67.0 Å². The van der Waals surface area contributed by atoms with Gasteiger partial charge in [-0.1, -0.05) is 18.2 Å². The van der Waals surface area contributed by atoms with E-state index in [-0.39, 0.29) is 17.9 Å². The van der Waals surface area contributed by atoms with Gasteiger partial charge in [0.25, 0.3) is 5.91 Å². The van der Waals surface area contributed by atoms with Gasteiger partial charge in [0, 0.05) is 23.1 Å². The van der Waals surface area contributed by atoms with Crippen LogP contribution in [0.5, 0.6) is 5.75 Å². The molecule has 0 radical (unpaired) electrons. The summed E-state index contributed by atoms with van der Waals surface area (Å²) in [7, 11) is 0. The van der Waals surface area contributed by atoms with Crippen molar-refractivity contribution in [3.05, 3.63) is 59.9 Å². The Hall–Kier alpha value is -2.82. The lowest BCUT2D eigenvalue weighted by atomic mass is 9.94. The molecule has 0 spiro atoms. The van der Waals surface area contributed by atoms with Crippen LogP contribution in [0.4, 0.5) is 0 Å². The highest BCUT2D eigenvalue weighted by molar-refractivity contribution is 5.97. The number of hydrogen-bond acceptors (Lipinski definition) is 3. The number of benzene rings is 2. The van der Waals surface area contributed by atoms with Crippen LogP contribution in [0.3, 0.4) is 0 Å². The zero-order valence-corrected chi connectivity index (χ0v) is 12.7. The Morgan fingerprint density at radius 3 is 3.13 bits per heavy atom. The molecule has 2 N–H and O–H groups in total. The van der Waals surface area contributed by atoms with Crippen LogP contribution in [-0.2, 0) is 0 Å². The van der Waals surface area contributed by atoms with E-state index in [0.717, 1.165) is 22.3 Å². The van der Waals surface area contributed by atoms with Crippen molar-refractivity contribution < 1.29 is 9.53 Å². The molecule has 1 aliphatic heterocycles. The van der Waals surface area contributed by atoms with E-state index < -0.39 is 0 Å². The number of fused-ring (bicyclic) bond motifs is 2. The number of ether oxygens (including phenoxy) is 1. The fourth-order valence-corrected chi connectivity index (χ4v) is 3.07. The second kappa shape index (κ2) is 5.43. The van der Waals surface area contributed by atoms with Gasteiger partial charge in [-0.3, -0.25) is 4.79 Å². The Morgan fingerprint density at radius 2 is 2.22 bits per heavy atom. The number of amides is 1. The highest BCUT2D eigenvalue weighted by Gasteiger charge is 2.29. The van der Waals surface area contributed by atoms with E-state index in [2.05, 4.69) is 21.4 Å². The molecule has 23 heavy (non-hydrogen) atoms. The van der Waals surface area contributed by atoms with Crippen molar-refractivity contribution in [3.63, 3.8) is 0 Å².